The van der Waals surface area contributed by atoms with Crippen LogP contribution in [0.3, 0.4) is 0 Å². The quantitative estimate of drug-likeness (QED) is 0.458. The maximum absolute atomic E-state index is 11.4. The smallest absolute Gasteiger partial charge is 0.348 e. The summed E-state index contributed by atoms with van der Waals surface area (Å²) in [6.45, 7) is 2.19. The van der Waals surface area contributed by atoms with Crippen LogP contribution < -0.4 is 5.32 Å². The van der Waals surface area contributed by atoms with Gasteiger partial charge in [-0.25, -0.2) is 4.79 Å². The molecule has 0 aliphatic carbocycles. The highest BCUT2D eigenvalue weighted by Gasteiger charge is 2.08. The lowest BCUT2D eigenvalue weighted by Crippen LogP contribution is -1.98. The van der Waals surface area contributed by atoms with Gasteiger partial charge >= 0.3 is 5.97 Å². The van der Waals surface area contributed by atoms with Crippen LogP contribution in [0, 0.1) is 0 Å². The first-order valence-electron chi connectivity index (χ1n) is 6.85. The highest BCUT2D eigenvalue weighted by Crippen LogP contribution is 2.25. The van der Waals surface area contributed by atoms with Crippen LogP contribution in [0.1, 0.15) is 28.6 Å². The summed E-state index contributed by atoms with van der Waals surface area (Å²) in [5.41, 5.74) is 2.49. The lowest BCUT2D eigenvalue weighted by atomic mass is 10.1. The summed E-state index contributed by atoms with van der Waals surface area (Å²) in [4.78, 5) is 13.1. The molecule has 5 heteroatoms. The molecule has 0 spiro atoms. The van der Waals surface area contributed by atoms with Crippen LogP contribution in [0.15, 0.2) is 40.6 Å². The van der Waals surface area contributed by atoms with E-state index in [1.807, 2.05) is 11.4 Å². The zero-order chi connectivity index (χ0) is 15.1. The van der Waals surface area contributed by atoms with Crippen LogP contribution >= 0.6 is 23.1 Å². The highest BCUT2D eigenvalue weighted by molar-refractivity contribution is 7.99. The number of ether oxygens (including phenoxy) is 1. The molecule has 2 rings (SSSR count). The normalized spacial score (nSPS) is 10.4. The number of nitrogens with one attached hydrogen (secondary N) is 1. The van der Waals surface area contributed by atoms with Crippen LogP contribution in [-0.2, 0) is 11.2 Å². The number of benzene rings is 1. The van der Waals surface area contributed by atoms with E-state index in [1.54, 1.807) is 11.8 Å². The maximum Gasteiger partial charge on any atom is 0.348 e. The Kier molecular flexibility index (Phi) is 6.14. The number of methoxy groups -OCH3 is 1. The number of hydrogen-bond acceptors (Lipinski definition) is 5. The van der Waals surface area contributed by atoms with Crippen molar-refractivity contribution in [2.45, 2.75) is 24.7 Å². The summed E-state index contributed by atoms with van der Waals surface area (Å²) >= 11 is 3.08. The van der Waals surface area contributed by atoms with Crippen LogP contribution in [0.25, 0.3) is 0 Å². The van der Waals surface area contributed by atoms with Gasteiger partial charge in [-0.3, -0.25) is 0 Å². The van der Waals surface area contributed by atoms with E-state index in [-0.39, 0.29) is 5.97 Å². The molecule has 1 N–H and O–H groups in total. The van der Waals surface area contributed by atoms with Crippen molar-refractivity contribution in [2.75, 3.05) is 18.3 Å². The Labute approximate surface area is 133 Å². The molecule has 0 atom stereocenters. The highest BCUT2D eigenvalue weighted by atomic mass is 32.2. The van der Waals surface area contributed by atoms with Crippen molar-refractivity contribution in [1.82, 2.24) is 0 Å². The Bertz CT molecular complexity index is 578. The Morgan fingerprint density at radius 1 is 1.33 bits per heavy atom. The first-order valence-corrected chi connectivity index (χ1v) is 8.72. The number of thioether (sulfide) groups is 1. The van der Waals surface area contributed by atoms with Crippen molar-refractivity contribution in [3.05, 3.63) is 46.2 Å². The number of carbonyl (C=O) groups is 1. The van der Waals surface area contributed by atoms with Crippen molar-refractivity contribution in [3.8, 4) is 0 Å². The minimum absolute atomic E-state index is 0.272. The van der Waals surface area contributed by atoms with Gasteiger partial charge in [0.1, 0.15) is 4.88 Å². The molecule has 1 aromatic carbocycles. The number of hydrogen-bond donors (Lipinski definition) is 1. The van der Waals surface area contributed by atoms with Crippen molar-refractivity contribution in [1.29, 1.82) is 0 Å². The average Bonchev–Trinajstić information content (AvgIpc) is 2.97. The number of thiophene rings is 1. The van der Waals surface area contributed by atoms with E-state index in [9.17, 15) is 4.79 Å². The molecule has 21 heavy (non-hydrogen) atoms. The van der Waals surface area contributed by atoms with E-state index in [1.165, 1.54) is 30.4 Å². The number of aryl methyl sites for hydroxylation is 1. The second-order valence-corrected chi connectivity index (χ2v) is 6.51. The summed E-state index contributed by atoms with van der Waals surface area (Å²) in [5.74, 6) is 0.496. The molecule has 0 aliphatic rings. The van der Waals surface area contributed by atoms with Gasteiger partial charge in [0.05, 0.1) is 13.0 Å². The SMILES string of the molecule is CCCc1ccc(NCSc2csc(C(=O)OC)c2)cc1. The van der Waals surface area contributed by atoms with Gasteiger partial charge in [0.25, 0.3) is 0 Å². The molecule has 0 saturated carbocycles. The monoisotopic (exact) mass is 321 g/mol. The lowest BCUT2D eigenvalue weighted by molar-refractivity contribution is 0.0606. The molecule has 0 unspecified atom stereocenters. The fraction of sp³-hybridized carbons (Fsp3) is 0.312. The second-order valence-electron chi connectivity index (χ2n) is 4.55. The molecule has 0 fully saturated rings. The summed E-state index contributed by atoms with van der Waals surface area (Å²) in [5, 5.41) is 5.34. The number of carbonyl (C=O) groups excluding carboxylic acids is 1. The Balaban J connectivity index is 1.81. The van der Waals surface area contributed by atoms with Gasteiger partial charge in [-0.15, -0.1) is 23.1 Å². The standard InChI is InChI=1S/C16H19NO2S2/c1-3-4-12-5-7-13(8-6-12)17-11-21-14-9-15(20-10-14)16(18)19-2/h5-10,17H,3-4,11H2,1-2H3. The van der Waals surface area contributed by atoms with Gasteiger partial charge < -0.3 is 10.1 Å². The van der Waals surface area contributed by atoms with Gasteiger partial charge in [-0.2, -0.15) is 0 Å². The van der Waals surface area contributed by atoms with Crippen LogP contribution in [0.2, 0.25) is 0 Å². The van der Waals surface area contributed by atoms with Gasteiger partial charge in [0.15, 0.2) is 0 Å². The molecule has 3 nitrogen and oxygen atoms in total. The third kappa shape index (κ3) is 4.79. The molecule has 1 aromatic heterocycles. The third-order valence-corrected chi connectivity index (χ3v) is 4.89. The van der Waals surface area contributed by atoms with Crippen molar-refractivity contribution < 1.29 is 9.53 Å². The Morgan fingerprint density at radius 3 is 2.76 bits per heavy atom. The fourth-order valence-corrected chi connectivity index (χ4v) is 3.67. The molecule has 1 heterocycles. The summed E-state index contributed by atoms with van der Waals surface area (Å²) in [6.07, 6.45) is 2.30. The lowest BCUT2D eigenvalue weighted by Gasteiger charge is -2.06. The van der Waals surface area contributed by atoms with E-state index < -0.39 is 0 Å². The first kappa shape index (κ1) is 15.9. The third-order valence-electron chi connectivity index (χ3n) is 2.97. The molecule has 0 amide bonds. The number of esters is 1. The van der Waals surface area contributed by atoms with Crippen LogP contribution in [-0.4, -0.2) is 19.0 Å². The van der Waals surface area contributed by atoms with Crippen molar-refractivity contribution in [2.24, 2.45) is 0 Å². The predicted molar refractivity (Wildman–Crippen MR) is 90.4 cm³/mol. The van der Waals surface area contributed by atoms with Gasteiger partial charge in [0.2, 0.25) is 0 Å². The van der Waals surface area contributed by atoms with Gasteiger partial charge in [-0.05, 0) is 30.2 Å². The molecular weight excluding hydrogens is 302 g/mol. The van der Waals surface area contributed by atoms with E-state index in [2.05, 4.69) is 36.5 Å². The van der Waals surface area contributed by atoms with Gasteiger partial charge in [-0.1, -0.05) is 25.5 Å². The molecule has 112 valence electrons. The largest absolute Gasteiger partial charge is 0.465 e. The van der Waals surface area contributed by atoms with E-state index in [0.717, 1.165) is 22.9 Å². The summed E-state index contributed by atoms with van der Waals surface area (Å²) in [6, 6.07) is 10.4. The minimum Gasteiger partial charge on any atom is -0.465 e. The summed E-state index contributed by atoms with van der Waals surface area (Å²) in [7, 11) is 1.40. The van der Waals surface area contributed by atoms with Gasteiger partial charge in [0, 0.05) is 16.0 Å². The van der Waals surface area contributed by atoms with Crippen molar-refractivity contribution in [3.63, 3.8) is 0 Å². The fourth-order valence-electron chi connectivity index (χ4n) is 1.88. The van der Waals surface area contributed by atoms with Crippen LogP contribution in [0.4, 0.5) is 5.69 Å². The minimum atomic E-state index is -0.272. The summed E-state index contributed by atoms with van der Waals surface area (Å²) < 4.78 is 4.70. The topological polar surface area (TPSA) is 38.3 Å². The van der Waals surface area contributed by atoms with Crippen molar-refractivity contribution >= 4 is 34.8 Å². The first-order chi connectivity index (χ1) is 10.2. The molecule has 0 bridgehead atoms. The maximum atomic E-state index is 11.4. The zero-order valence-corrected chi connectivity index (χ0v) is 13.9. The predicted octanol–water partition coefficient (Wildman–Crippen LogP) is 4.65. The van der Waals surface area contributed by atoms with E-state index >= 15 is 0 Å². The molecule has 0 aliphatic heterocycles. The number of rotatable bonds is 7. The Hall–Kier alpha value is -1.46. The van der Waals surface area contributed by atoms with Crippen LogP contribution in [0.5, 0.6) is 0 Å². The zero-order valence-electron chi connectivity index (χ0n) is 12.2. The molecule has 0 saturated heterocycles. The molecule has 0 radical (unpaired) electrons. The second kappa shape index (κ2) is 8.10. The Morgan fingerprint density at radius 2 is 2.10 bits per heavy atom. The molecule has 2 aromatic rings. The van der Waals surface area contributed by atoms with E-state index in [0.29, 0.717) is 4.88 Å². The average molecular weight is 321 g/mol. The molecular formula is C16H19NO2S2. The number of anilines is 1. The van der Waals surface area contributed by atoms with E-state index in [4.69, 9.17) is 4.74 Å².